The van der Waals surface area contributed by atoms with Crippen LogP contribution in [0.1, 0.15) is 0 Å². The van der Waals surface area contributed by atoms with Crippen LogP contribution in [0, 0.1) is 0 Å². The van der Waals surface area contributed by atoms with Gasteiger partial charge < -0.3 is 5.11 Å². The van der Waals surface area contributed by atoms with E-state index in [0.717, 1.165) is 5.32 Å². The lowest BCUT2D eigenvalue weighted by Gasteiger charge is -2.14. The molecule has 0 saturated heterocycles. The number of pyridine rings is 1. The summed E-state index contributed by atoms with van der Waals surface area (Å²) in [6, 6.07) is 3.36. The van der Waals surface area contributed by atoms with Crippen molar-refractivity contribution in [1.29, 1.82) is 0 Å². The van der Waals surface area contributed by atoms with Gasteiger partial charge in [-0.1, -0.05) is 19.6 Å². The molecule has 0 atom stereocenters. The van der Waals surface area contributed by atoms with Crippen LogP contribution in [0.15, 0.2) is 18.3 Å². The molecule has 1 aromatic rings. The predicted octanol–water partition coefficient (Wildman–Crippen LogP) is 1.33. The van der Waals surface area contributed by atoms with Crippen LogP contribution in [0.5, 0.6) is 5.75 Å². The second kappa shape index (κ2) is 2.66. The van der Waals surface area contributed by atoms with Crippen molar-refractivity contribution in [2.75, 3.05) is 0 Å². The Balaban J connectivity index is 3.06. The van der Waals surface area contributed by atoms with E-state index in [1.165, 1.54) is 0 Å². The Kier molecular flexibility index (Phi) is 2.00. The van der Waals surface area contributed by atoms with E-state index >= 15 is 0 Å². The highest BCUT2D eigenvalue weighted by Gasteiger charge is 2.17. The van der Waals surface area contributed by atoms with Crippen LogP contribution in [0.25, 0.3) is 0 Å². The highest BCUT2D eigenvalue weighted by molar-refractivity contribution is 6.88. The molecule has 60 valence electrons. The average Bonchev–Trinajstić information content (AvgIpc) is 1.86. The molecule has 2 nitrogen and oxygen atoms in total. The minimum atomic E-state index is -1.34. The third kappa shape index (κ3) is 2.05. The fraction of sp³-hybridized carbons (Fsp3) is 0.375. The second-order valence-corrected chi connectivity index (χ2v) is 8.66. The lowest BCUT2D eigenvalue weighted by atomic mass is 10.5. The van der Waals surface area contributed by atoms with Crippen LogP contribution in [0.2, 0.25) is 19.6 Å². The standard InChI is InChI=1S/C8H13NOSi/c1-11(2,3)8-6-7(10)4-5-9-8/h4-6H,1-3H3,(H,9,10). The molecule has 1 rings (SSSR count). The Hall–Kier alpha value is -0.833. The first kappa shape index (κ1) is 8.27. The number of rotatable bonds is 1. The van der Waals surface area contributed by atoms with Gasteiger partial charge in [0.25, 0.3) is 0 Å². The van der Waals surface area contributed by atoms with Gasteiger partial charge in [0, 0.05) is 11.5 Å². The van der Waals surface area contributed by atoms with E-state index in [1.807, 2.05) is 0 Å². The zero-order chi connectivity index (χ0) is 8.48. The molecule has 1 N–H and O–H groups in total. The van der Waals surface area contributed by atoms with E-state index in [1.54, 1.807) is 18.3 Å². The summed E-state index contributed by atoms with van der Waals surface area (Å²) < 4.78 is 0. The monoisotopic (exact) mass is 167 g/mol. The van der Waals surface area contributed by atoms with Gasteiger partial charge in [0.2, 0.25) is 0 Å². The first-order valence-electron chi connectivity index (χ1n) is 3.65. The smallest absolute Gasteiger partial charge is 0.118 e. The molecule has 0 bridgehead atoms. The summed E-state index contributed by atoms with van der Waals surface area (Å²) in [5.41, 5.74) is 0. The Morgan fingerprint density at radius 2 is 2.00 bits per heavy atom. The van der Waals surface area contributed by atoms with Crippen LogP contribution in [-0.4, -0.2) is 18.2 Å². The third-order valence-corrected chi connectivity index (χ3v) is 3.32. The fourth-order valence-electron chi connectivity index (χ4n) is 0.830. The van der Waals surface area contributed by atoms with Gasteiger partial charge in [0.15, 0.2) is 0 Å². The lowest BCUT2D eigenvalue weighted by molar-refractivity contribution is 0.475. The minimum absolute atomic E-state index is 0.317. The number of hydrogen-bond acceptors (Lipinski definition) is 2. The summed E-state index contributed by atoms with van der Waals surface area (Å²) in [5.74, 6) is 0.317. The minimum Gasteiger partial charge on any atom is -0.508 e. The molecule has 0 amide bonds. The first-order valence-corrected chi connectivity index (χ1v) is 7.15. The van der Waals surface area contributed by atoms with Gasteiger partial charge in [-0.2, -0.15) is 0 Å². The maximum absolute atomic E-state index is 9.16. The molecule has 0 aliphatic heterocycles. The van der Waals surface area contributed by atoms with Gasteiger partial charge >= 0.3 is 0 Å². The van der Waals surface area contributed by atoms with Gasteiger partial charge in [-0.3, -0.25) is 4.98 Å². The number of aromatic nitrogens is 1. The van der Waals surface area contributed by atoms with E-state index < -0.39 is 8.07 Å². The maximum Gasteiger partial charge on any atom is 0.118 e. The van der Waals surface area contributed by atoms with Crippen molar-refractivity contribution in [3.05, 3.63) is 18.3 Å². The highest BCUT2D eigenvalue weighted by Crippen LogP contribution is 2.06. The van der Waals surface area contributed by atoms with Gasteiger partial charge in [-0.05, 0) is 12.1 Å². The summed E-state index contributed by atoms with van der Waals surface area (Å²) in [6.07, 6.45) is 1.66. The van der Waals surface area contributed by atoms with Crippen molar-refractivity contribution in [3.8, 4) is 5.75 Å². The summed E-state index contributed by atoms with van der Waals surface area (Å²) in [4.78, 5) is 4.21. The Morgan fingerprint density at radius 1 is 1.36 bits per heavy atom. The molecular formula is C8H13NOSi. The summed E-state index contributed by atoms with van der Waals surface area (Å²) in [7, 11) is -1.34. The Morgan fingerprint density at radius 3 is 2.36 bits per heavy atom. The van der Waals surface area contributed by atoms with Crippen LogP contribution < -0.4 is 5.32 Å². The summed E-state index contributed by atoms with van der Waals surface area (Å²) in [5, 5.41) is 10.2. The molecule has 0 aliphatic carbocycles. The summed E-state index contributed by atoms with van der Waals surface area (Å²) >= 11 is 0. The quantitative estimate of drug-likeness (QED) is 0.640. The molecular weight excluding hydrogens is 154 g/mol. The zero-order valence-corrected chi connectivity index (χ0v) is 8.13. The first-order chi connectivity index (χ1) is 5.00. The molecule has 11 heavy (non-hydrogen) atoms. The van der Waals surface area contributed by atoms with E-state index in [0.29, 0.717) is 5.75 Å². The molecule has 0 spiro atoms. The second-order valence-electron chi connectivity index (χ2n) is 3.65. The van der Waals surface area contributed by atoms with Crippen molar-refractivity contribution >= 4 is 13.4 Å². The molecule has 3 heteroatoms. The van der Waals surface area contributed by atoms with Crippen molar-refractivity contribution in [2.45, 2.75) is 19.6 Å². The van der Waals surface area contributed by atoms with Gasteiger partial charge in [0.05, 0.1) is 0 Å². The largest absolute Gasteiger partial charge is 0.508 e. The molecule has 0 radical (unpaired) electrons. The van der Waals surface area contributed by atoms with E-state index in [2.05, 4.69) is 24.6 Å². The molecule has 0 aromatic carbocycles. The SMILES string of the molecule is C[Si](C)(C)c1cc(O)ccn1. The zero-order valence-electron chi connectivity index (χ0n) is 7.13. The fourth-order valence-corrected chi connectivity index (χ4v) is 1.87. The normalized spacial score (nSPS) is 11.5. The van der Waals surface area contributed by atoms with E-state index in [9.17, 15) is 0 Å². The average molecular weight is 167 g/mol. The highest BCUT2D eigenvalue weighted by atomic mass is 28.3. The van der Waals surface area contributed by atoms with Crippen molar-refractivity contribution < 1.29 is 5.11 Å². The van der Waals surface area contributed by atoms with Gasteiger partial charge in [0.1, 0.15) is 13.8 Å². The van der Waals surface area contributed by atoms with Crippen molar-refractivity contribution in [3.63, 3.8) is 0 Å². The Labute approximate surface area is 67.9 Å². The molecule has 0 unspecified atom stereocenters. The lowest BCUT2D eigenvalue weighted by Crippen LogP contribution is -2.39. The molecule has 1 heterocycles. The van der Waals surface area contributed by atoms with Crippen LogP contribution in [-0.2, 0) is 0 Å². The molecule has 0 aliphatic rings. The van der Waals surface area contributed by atoms with E-state index in [4.69, 9.17) is 5.11 Å². The van der Waals surface area contributed by atoms with Crippen LogP contribution in [0.4, 0.5) is 0 Å². The third-order valence-electron chi connectivity index (χ3n) is 1.51. The number of hydrogen-bond donors (Lipinski definition) is 1. The van der Waals surface area contributed by atoms with Gasteiger partial charge in [-0.25, -0.2) is 0 Å². The van der Waals surface area contributed by atoms with E-state index in [-0.39, 0.29) is 0 Å². The molecule has 0 fully saturated rings. The topological polar surface area (TPSA) is 33.1 Å². The molecule has 0 saturated carbocycles. The summed E-state index contributed by atoms with van der Waals surface area (Å²) in [6.45, 7) is 6.61. The predicted molar refractivity (Wildman–Crippen MR) is 48.9 cm³/mol. The number of aromatic hydroxyl groups is 1. The van der Waals surface area contributed by atoms with Crippen LogP contribution >= 0.6 is 0 Å². The Bertz CT molecular complexity index is 255. The van der Waals surface area contributed by atoms with Crippen molar-refractivity contribution in [2.24, 2.45) is 0 Å². The maximum atomic E-state index is 9.16. The van der Waals surface area contributed by atoms with Crippen LogP contribution in [0.3, 0.4) is 0 Å². The van der Waals surface area contributed by atoms with Gasteiger partial charge in [-0.15, -0.1) is 0 Å². The number of nitrogens with zero attached hydrogens (tertiary/aromatic N) is 1. The molecule has 1 aromatic heterocycles. The van der Waals surface area contributed by atoms with Crippen molar-refractivity contribution in [1.82, 2.24) is 4.98 Å².